The van der Waals surface area contributed by atoms with Gasteiger partial charge < -0.3 is 15.0 Å². The van der Waals surface area contributed by atoms with Crippen LogP contribution in [0.5, 0.6) is 0 Å². The zero-order chi connectivity index (χ0) is 13.7. The fourth-order valence-corrected chi connectivity index (χ4v) is 3.27. The Labute approximate surface area is 118 Å². The first-order valence-electron chi connectivity index (χ1n) is 6.58. The first kappa shape index (κ1) is 14.8. The van der Waals surface area contributed by atoms with Gasteiger partial charge in [-0.1, -0.05) is 5.16 Å². The molecule has 19 heavy (non-hydrogen) atoms. The van der Waals surface area contributed by atoms with Gasteiger partial charge in [0, 0.05) is 31.8 Å². The second kappa shape index (κ2) is 7.23. The molecule has 2 N–H and O–H groups in total. The van der Waals surface area contributed by atoms with Gasteiger partial charge in [0.25, 0.3) is 0 Å². The van der Waals surface area contributed by atoms with E-state index in [-0.39, 0.29) is 12.1 Å². The van der Waals surface area contributed by atoms with Crippen molar-refractivity contribution in [1.82, 2.24) is 15.0 Å². The standard InChI is InChI=1S/C12H22N4O2S/c1-16-5-7-19-8-10(16)11-14-12(18-15-11)9(13)4-3-6-17-2/h9-10H,3-8,13H2,1-2H3. The Morgan fingerprint density at radius 1 is 1.63 bits per heavy atom. The van der Waals surface area contributed by atoms with E-state index in [1.54, 1.807) is 7.11 Å². The molecule has 1 aromatic heterocycles. The summed E-state index contributed by atoms with van der Waals surface area (Å²) >= 11 is 1.93. The molecule has 1 saturated heterocycles. The number of nitrogens with two attached hydrogens (primary N) is 1. The molecule has 1 aliphatic heterocycles. The van der Waals surface area contributed by atoms with Crippen LogP contribution in [-0.2, 0) is 4.74 Å². The van der Waals surface area contributed by atoms with Crippen molar-refractivity contribution in [2.24, 2.45) is 5.73 Å². The Kier molecular flexibility index (Phi) is 5.62. The summed E-state index contributed by atoms with van der Waals surface area (Å²) in [5.41, 5.74) is 6.04. The molecule has 0 radical (unpaired) electrons. The van der Waals surface area contributed by atoms with E-state index in [0.29, 0.717) is 12.5 Å². The van der Waals surface area contributed by atoms with Crippen LogP contribution in [0.15, 0.2) is 4.52 Å². The molecular weight excluding hydrogens is 264 g/mol. The third kappa shape index (κ3) is 3.92. The Bertz CT molecular complexity index is 388. The van der Waals surface area contributed by atoms with Crippen LogP contribution < -0.4 is 5.73 Å². The largest absolute Gasteiger partial charge is 0.385 e. The summed E-state index contributed by atoms with van der Waals surface area (Å²) in [5, 5.41) is 4.09. The molecule has 0 bridgehead atoms. The highest BCUT2D eigenvalue weighted by Gasteiger charge is 2.26. The quantitative estimate of drug-likeness (QED) is 0.788. The highest BCUT2D eigenvalue weighted by Crippen LogP contribution is 2.27. The minimum Gasteiger partial charge on any atom is -0.385 e. The highest BCUT2D eigenvalue weighted by atomic mass is 32.2. The molecule has 0 spiro atoms. The van der Waals surface area contributed by atoms with E-state index in [4.69, 9.17) is 15.0 Å². The van der Waals surface area contributed by atoms with Gasteiger partial charge in [0.05, 0.1) is 12.1 Å². The van der Waals surface area contributed by atoms with Crippen LogP contribution >= 0.6 is 11.8 Å². The van der Waals surface area contributed by atoms with Crippen molar-refractivity contribution in [1.29, 1.82) is 0 Å². The predicted octanol–water partition coefficient (Wildman–Crippen LogP) is 1.22. The monoisotopic (exact) mass is 286 g/mol. The second-order valence-corrected chi connectivity index (χ2v) is 5.95. The summed E-state index contributed by atoms with van der Waals surface area (Å²) in [6, 6.07) is 0.0420. The number of hydrogen-bond donors (Lipinski definition) is 1. The van der Waals surface area contributed by atoms with Gasteiger partial charge in [-0.25, -0.2) is 0 Å². The molecule has 0 amide bonds. The molecule has 2 rings (SSSR count). The fourth-order valence-electron chi connectivity index (χ4n) is 2.06. The zero-order valence-electron chi connectivity index (χ0n) is 11.5. The Balaban J connectivity index is 1.94. The van der Waals surface area contributed by atoms with Gasteiger partial charge in [-0.2, -0.15) is 16.7 Å². The van der Waals surface area contributed by atoms with Gasteiger partial charge in [-0.3, -0.25) is 4.90 Å². The smallest absolute Gasteiger partial charge is 0.243 e. The van der Waals surface area contributed by atoms with E-state index in [1.165, 1.54) is 0 Å². The molecule has 2 heterocycles. The van der Waals surface area contributed by atoms with Gasteiger partial charge in [-0.05, 0) is 19.9 Å². The lowest BCUT2D eigenvalue weighted by Gasteiger charge is -2.29. The first-order valence-corrected chi connectivity index (χ1v) is 7.74. The van der Waals surface area contributed by atoms with Crippen molar-refractivity contribution >= 4 is 11.8 Å². The Morgan fingerprint density at radius 3 is 3.21 bits per heavy atom. The van der Waals surface area contributed by atoms with Crippen molar-refractivity contribution in [3.63, 3.8) is 0 Å². The summed E-state index contributed by atoms with van der Waals surface area (Å²) in [6.45, 7) is 1.76. The van der Waals surface area contributed by atoms with Crippen molar-refractivity contribution in [3.8, 4) is 0 Å². The number of nitrogens with zero attached hydrogens (tertiary/aromatic N) is 3. The van der Waals surface area contributed by atoms with Crippen molar-refractivity contribution in [2.75, 3.05) is 38.8 Å². The van der Waals surface area contributed by atoms with Crippen LogP contribution in [0, 0.1) is 0 Å². The lowest BCUT2D eigenvalue weighted by Crippen LogP contribution is -2.33. The number of thioether (sulfide) groups is 1. The summed E-state index contributed by atoms with van der Waals surface area (Å²) in [6.07, 6.45) is 1.69. The van der Waals surface area contributed by atoms with Crippen LogP contribution in [-0.4, -0.2) is 53.9 Å². The Morgan fingerprint density at radius 2 is 2.47 bits per heavy atom. The van der Waals surface area contributed by atoms with Crippen molar-refractivity contribution in [2.45, 2.75) is 24.9 Å². The molecule has 2 unspecified atom stereocenters. The Hall–Kier alpha value is -0.630. The molecule has 0 aliphatic carbocycles. The van der Waals surface area contributed by atoms with E-state index in [9.17, 15) is 0 Å². The van der Waals surface area contributed by atoms with Crippen LogP contribution in [0.25, 0.3) is 0 Å². The summed E-state index contributed by atoms with van der Waals surface area (Å²) in [5.74, 6) is 3.46. The maximum atomic E-state index is 6.04. The topological polar surface area (TPSA) is 77.4 Å². The molecule has 6 nitrogen and oxygen atoms in total. The molecule has 2 atom stereocenters. The van der Waals surface area contributed by atoms with Gasteiger partial charge >= 0.3 is 0 Å². The van der Waals surface area contributed by atoms with Crippen molar-refractivity contribution < 1.29 is 9.26 Å². The average Bonchev–Trinajstić information content (AvgIpc) is 2.89. The average molecular weight is 286 g/mol. The first-order chi connectivity index (χ1) is 9.22. The van der Waals surface area contributed by atoms with Gasteiger partial charge in [-0.15, -0.1) is 0 Å². The number of ether oxygens (including phenoxy) is 1. The predicted molar refractivity (Wildman–Crippen MR) is 75.0 cm³/mol. The minimum absolute atomic E-state index is 0.196. The number of aromatic nitrogens is 2. The molecule has 0 saturated carbocycles. The van der Waals surface area contributed by atoms with E-state index in [1.807, 2.05) is 11.8 Å². The third-order valence-electron chi connectivity index (χ3n) is 3.33. The van der Waals surface area contributed by atoms with E-state index >= 15 is 0 Å². The molecule has 1 aliphatic rings. The molecule has 7 heteroatoms. The molecule has 1 aromatic rings. The third-order valence-corrected chi connectivity index (χ3v) is 4.36. The summed E-state index contributed by atoms with van der Waals surface area (Å²) < 4.78 is 10.3. The molecular formula is C12H22N4O2S. The summed E-state index contributed by atoms with van der Waals surface area (Å²) in [7, 11) is 3.78. The molecule has 108 valence electrons. The van der Waals surface area contributed by atoms with Gasteiger partial charge in [0.1, 0.15) is 0 Å². The van der Waals surface area contributed by atoms with Crippen LogP contribution in [0.4, 0.5) is 0 Å². The number of rotatable bonds is 6. The lowest BCUT2D eigenvalue weighted by atomic mass is 10.2. The lowest BCUT2D eigenvalue weighted by molar-refractivity contribution is 0.188. The second-order valence-electron chi connectivity index (χ2n) is 4.80. The summed E-state index contributed by atoms with van der Waals surface area (Å²) in [4.78, 5) is 6.73. The number of methoxy groups -OCH3 is 1. The zero-order valence-corrected chi connectivity index (χ0v) is 12.4. The minimum atomic E-state index is -0.196. The van der Waals surface area contributed by atoms with Crippen LogP contribution in [0.1, 0.15) is 36.6 Å². The van der Waals surface area contributed by atoms with Gasteiger partial charge in [0.2, 0.25) is 5.89 Å². The maximum Gasteiger partial charge on any atom is 0.243 e. The van der Waals surface area contributed by atoms with E-state index < -0.39 is 0 Å². The highest BCUT2D eigenvalue weighted by molar-refractivity contribution is 7.99. The fraction of sp³-hybridized carbons (Fsp3) is 0.833. The van der Waals surface area contributed by atoms with Gasteiger partial charge in [0.15, 0.2) is 5.82 Å². The number of hydrogen-bond acceptors (Lipinski definition) is 7. The maximum absolute atomic E-state index is 6.04. The van der Waals surface area contributed by atoms with Crippen molar-refractivity contribution in [3.05, 3.63) is 11.7 Å². The van der Waals surface area contributed by atoms with E-state index in [2.05, 4.69) is 22.1 Å². The molecule has 1 fully saturated rings. The normalized spacial score (nSPS) is 22.6. The SMILES string of the molecule is COCCCC(N)c1nc(C2CSCCN2C)no1. The van der Waals surface area contributed by atoms with E-state index in [0.717, 1.165) is 36.7 Å². The van der Waals surface area contributed by atoms with Crippen LogP contribution in [0.2, 0.25) is 0 Å². The van der Waals surface area contributed by atoms with Crippen LogP contribution in [0.3, 0.4) is 0 Å². The molecule has 0 aromatic carbocycles.